The number of carbonyl (C=O) groups is 1. The normalized spacial score (nSPS) is 19.3. The molecule has 0 bridgehead atoms. The Kier molecular flexibility index (Phi) is 5.00. The summed E-state index contributed by atoms with van der Waals surface area (Å²) >= 11 is 0. The number of ether oxygens (including phenoxy) is 1. The molecule has 2 heterocycles. The smallest absolute Gasteiger partial charge is 0.341 e. The first kappa shape index (κ1) is 16.7. The van der Waals surface area contributed by atoms with Gasteiger partial charge in [-0.1, -0.05) is 18.2 Å². The first-order valence-corrected chi connectivity index (χ1v) is 8.59. The van der Waals surface area contributed by atoms with Crippen molar-refractivity contribution in [2.45, 2.75) is 32.8 Å². The van der Waals surface area contributed by atoms with Crippen LogP contribution < -0.4 is 4.90 Å². The van der Waals surface area contributed by atoms with Crippen LogP contribution in [0, 0.1) is 5.92 Å². The minimum Gasteiger partial charge on any atom is -0.462 e. The summed E-state index contributed by atoms with van der Waals surface area (Å²) in [5.74, 6) is -0.134. The van der Waals surface area contributed by atoms with Crippen LogP contribution in [0.15, 0.2) is 30.5 Å². The number of benzene rings is 1. The van der Waals surface area contributed by atoms with Gasteiger partial charge in [0.2, 0.25) is 0 Å². The second kappa shape index (κ2) is 7.18. The minimum atomic E-state index is -0.355. The summed E-state index contributed by atoms with van der Waals surface area (Å²) in [5.41, 5.74) is 2.24. The van der Waals surface area contributed by atoms with Gasteiger partial charge in [-0.05, 0) is 32.8 Å². The molecule has 5 heteroatoms. The first-order chi connectivity index (χ1) is 11.6. The fraction of sp³-hybridized carbons (Fsp3) is 0.474. The summed E-state index contributed by atoms with van der Waals surface area (Å²) in [7, 11) is 0. The number of aliphatic hydroxyl groups is 1. The molecule has 5 nitrogen and oxygen atoms in total. The second-order valence-corrected chi connectivity index (χ2v) is 6.35. The van der Waals surface area contributed by atoms with Gasteiger partial charge in [0.1, 0.15) is 5.56 Å². The Labute approximate surface area is 142 Å². The Hall–Kier alpha value is -2.14. The van der Waals surface area contributed by atoms with Gasteiger partial charge < -0.3 is 14.7 Å². The topological polar surface area (TPSA) is 62.7 Å². The summed E-state index contributed by atoms with van der Waals surface area (Å²) in [4.78, 5) is 19.1. The van der Waals surface area contributed by atoms with E-state index < -0.39 is 0 Å². The third-order valence-corrected chi connectivity index (χ3v) is 4.70. The average Bonchev–Trinajstić information content (AvgIpc) is 2.61. The van der Waals surface area contributed by atoms with E-state index in [-0.39, 0.29) is 18.0 Å². The van der Waals surface area contributed by atoms with Crippen LogP contribution in [0.3, 0.4) is 0 Å². The third-order valence-electron chi connectivity index (χ3n) is 4.70. The number of fused-ring (bicyclic) bond motifs is 1. The SMILES string of the molecule is CCOC(=O)c1cnc2ccccc2c1N1CCCC(C(C)O)C1. The molecule has 2 unspecified atom stereocenters. The molecule has 1 aromatic heterocycles. The molecular weight excluding hydrogens is 304 g/mol. The molecule has 1 fully saturated rings. The number of aliphatic hydroxyl groups excluding tert-OH is 1. The van der Waals surface area contributed by atoms with Crippen LogP contribution in [-0.2, 0) is 4.74 Å². The number of nitrogens with zero attached hydrogens (tertiary/aromatic N) is 2. The van der Waals surface area contributed by atoms with E-state index in [4.69, 9.17) is 4.74 Å². The number of esters is 1. The average molecular weight is 328 g/mol. The van der Waals surface area contributed by atoms with Gasteiger partial charge in [0.25, 0.3) is 0 Å². The summed E-state index contributed by atoms with van der Waals surface area (Å²) < 4.78 is 5.23. The zero-order valence-corrected chi connectivity index (χ0v) is 14.2. The van der Waals surface area contributed by atoms with E-state index in [1.807, 2.05) is 31.2 Å². The zero-order valence-electron chi connectivity index (χ0n) is 14.2. The monoisotopic (exact) mass is 328 g/mol. The van der Waals surface area contributed by atoms with Crippen LogP contribution in [-0.4, -0.2) is 41.9 Å². The summed E-state index contributed by atoms with van der Waals surface area (Å²) in [6, 6.07) is 7.84. The van der Waals surface area contributed by atoms with Crippen molar-refractivity contribution in [1.82, 2.24) is 4.98 Å². The van der Waals surface area contributed by atoms with Gasteiger partial charge in [0.15, 0.2) is 0 Å². The molecular formula is C19H24N2O3. The van der Waals surface area contributed by atoms with E-state index in [1.165, 1.54) is 0 Å². The van der Waals surface area contributed by atoms with E-state index in [2.05, 4.69) is 9.88 Å². The van der Waals surface area contributed by atoms with Crippen molar-refractivity contribution in [3.8, 4) is 0 Å². The van der Waals surface area contributed by atoms with Crippen LogP contribution in [0.2, 0.25) is 0 Å². The Morgan fingerprint density at radius 3 is 3.00 bits per heavy atom. The highest BCUT2D eigenvalue weighted by Gasteiger charge is 2.28. The Morgan fingerprint density at radius 2 is 2.25 bits per heavy atom. The van der Waals surface area contributed by atoms with Crippen LogP contribution in [0.25, 0.3) is 10.9 Å². The summed E-state index contributed by atoms with van der Waals surface area (Å²) in [5, 5.41) is 10.9. The molecule has 0 aliphatic carbocycles. The van der Waals surface area contributed by atoms with E-state index in [0.29, 0.717) is 12.2 Å². The lowest BCUT2D eigenvalue weighted by Gasteiger charge is -2.37. The number of hydrogen-bond acceptors (Lipinski definition) is 5. The number of hydrogen-bond donors (Lipinski definition) is 1. The van der Waals surface area contributed by atoms with Crippen LogP contribution in [0.1, 0.15) is 37.0 Å². The Morgan fingerprint density at radius 1 is 1.46 bits per heavy atom. The molecule has 1 N–H and O–H groups in total. The predicted octanol–water partition coefficient (Wildman–Crippen LogP) is 3.01. The van der Waals surface area contributed by atoms with Gasteiger partial charge in [-0.25, -0.2) is 4.79 Å². The summed E-state index contributed by atoms with van der Waals surface area (Å²) in [6.07, 6.45) is 3.26. The number of aromatic nitrogens is 1. The molecule has 0 spiro atoms. The maximum atomic E-state index is 12.4. The minimum absolute atomic E-state index is 0.209. The van der Waals surface area contributed by atoms with Gasteiger partial charge >= 0.3 is 5.97 Å². The predicted molar refractivity (Wildman–Crippen MR) is 94.3 cm³/mol. The first-order valence-electron chi connectivity index (χ1n) is 8.59. The highest BCUT2D eigenvalue weighted by Crippen LogP contribution is 2.33. The molecule has 1 aliphatic rings. The van der Waals surface area contributed by atoms with E-state index in [0.717, 1.165) is 42.5 Å². The molecule has 1 saturated heterocycles. The Balaban J connectivity index is 2.09. The van der Waals surface area contributed by atoms with Crippen molar-refractivity contribution in [3.05, 3.63) is 36.0 Å². The van der Waals surface area contributed by atoms with Crippen LogP contribution in [0.5, 0.6) is 0 Å². The van der Waals surface area contributed by atoms with Gasteiger partial charge in [-0.3, -0.25) is 4.98 Å². The van der Waals surface area contributed by atoms with Gasteiger partial charge in [0, 0.05) is 30.6 Å². The Bertz CT molecular complexity index is 730. The number of para-hydroxylation sites is 1. The molecule has 2 aromatic rings. The van der Waals surface area contributed by atoms with Crippen LogP contribution in [0.4, 0.5) is 5.69 Å². The third kappa shape index (κ3) is 3.22. The van der Waals surface area contributed by atoms with Gasteiger partial charge in [-0.2, -0.15) is 0 Å². The highest BCUT2D eigenvalue weighted by molar-refractivity contribution is 6.05. The quantitative estimate of drug-likeness (QED) is 0.874. The molecule has 128 valence electrons. The van der Waals surface area contributed by atoms with Gasteiger partial charge in [-0.15, -0.1) is 0 Å². The number of pyridine rings is 1. The van der Waals surface area contributed by atoms with E-state index in [1.54, 1.807) is 13.1 Å². The van der Waals surface area contributed by atoms with Gasteiger partial charge in [0.05, 0.1) is 23.9 Å². The highest BCUT2D eigenvalue weighted by atomic mass is 16.5. The number of rotatable bonds is 4. The molecule has 3 rings (SSSR count). The lowest BCUT2D eigenvalue weighted by Crippen LogP contribution is -2.40. The number of carbonyl (C=O) groups excluding carboxylic acids is 1. The summed E-state index contributed by atoms with van der Waals surface area (Å²) in [6.45, 7) is 5.57. The number of anilines is 1. The zero-order chi connectivity index (χ0) is 17.1. The lowest BCUT2D eigenvalue weighted by atomic mass is 9.92. The lowest BCUT2D eigenvalue weighted by molar-refractivity contribution is 0.0526. The molecule has 1 aliphatic heterocycles. The van der Waals surface area contributed by atoms with Crippen molar-refractivity contribution in [2.75, 3.05) is 24.6 Å². The van der Waals surface area contributed by atoms with Crippen LogP contribution >= 0.6 is 0 Å². The van der Waals surface area contributed by atoms with Crippen molar-refractivity contribution in [3.63, 3.8) is 0 Å². The molecule has 1 aromatic carbocycles. The maximum Gasteiger partial charge on any atom is 0.341 e. The molecule has 2 atom stereocenters. The fourth-order valence-corrected chi connectivity index (χ4v) is 3.43. The van der Waals surface area contributed by atoms with E-state index in [9.17, 15) is 9.90 Å². The van der Waals surface area contributed by atoms with Crippen molar-refractivity contribution in [1.29, 1.82) is 0 Å². The second-order valence-electron chi connectivity index (χ2n) is 6.35. The molecule has 0 saturated carbocycles. The van der Waals surface area contributed by atoms with Crippen molar-refractivity contribution in [2.24, 2.45) is 5.92 Å². The fourth-order valence-electron chi connectivity index (χ4n) is 3.43. The molecule has 0 radical (unpaired) electrons. The molecule has 24 heavy (non-hydrogen) atoms. The number of piperidine rings is 1. The van der Waals surface area contributed by atoms with Crippen molar-refractivity contribution >= 4 is 22.6 Å². The largest absolute Gasteiger partial charge is 0.462 e. The van der Waals surface area contributed by atoms with Crippen molar-refractivity contribution < 1.29 is 14.6 Å². The maximum absolute atomic E-state index is 12.4. The molecule has 0 amide bonds. The van der Waals surface area contributed by atoms with E-state index >= 15 is 0 Å². The standard InChI is InChI=1S/C19H24N2O3/c1-3-24-19(23)16-11-20-17-9-5-4-8-15(17)18(16)21-10-6-7-14(12-21)13(2)22/h4-5,8-9,11,13-14,22H,3,6-7,10,12H2,1-2H3.